The van der Waals surface area contributed by atoms with Crippen LogP contribution in [0.1, 0.15) is 11.1 Å². The molecule has 2 heterocycles. The second kappa shape index (κ2) is 8.64. The fourth-order valence-electron chi connectivity index (χ4n) is 3.19. The molecule has 2 atom stereocenters. The predicted octanol–water partition coefficient (Wildman–Crippen LogP) is 4.68. The van der Waals surface area contributed by atoms with Crippen LogP contribution in [0.3, 0.4) is 0 Å². The number of imidazole rings is 1. The second-order valence-corrected chi connectivity index (χ2v) is 7.56. The summed E-state index contributed by atoms with van der Waals surface area (Å²) in [6.45, 7) is 1.86. The van der Waals surface area contributed by atoms with E-state index in [2.05, 4.69) is 4.98 Å². The molecule has 146 valence electrons. The zero-order chi connectivity index (χ0) is 19.4. The smallest absolute Gasteiger partial charge is 0.214 e. The molecule has 4 rings (SSSR count). The maximum atomic E-state index is 6.35. The van der Waals surface area contributed by atoms with Crippen LogP contribution < -0.4 is 0 Å². The van der Waals surface area contributed by atoms with Gasteiger partial charge in [0.15, 0.2) is 0 Å². The number of hydrogen-bond acceptors (Lipinski definition) is 4. The van der Waals surface area contributed by atoms with Gasteiger partial charge in [0.1, 0.15) is 6.10 Å². The van der Waals surface area contributed by atoms with Gasteiger partial charge < -0.3 is 18.8 Å². The molecular weight excluding hydrogens is 399 g/mol. The Kier molecular flexibility index (Phi) is 5.99. The predicted molar refractivity (Wildman–Crippen MR) is 107 cm³/mol. The number of nitrogens with zero attached hydrogens (tertiary/aromatic N) is 2. The van der Waals surface area contributed by atoms with Gasteiger partial charge >= 0.3 is 0 Å². The van der Waals surface area contributed by atoms with Gasteiger partial charge in [0.05, 0.1) is 32.7 Å². The number of aromatic nitrogens is 2. The van der Waals surface area contributed by atoms with Crippen molar-refractivity contribution in [1.29, 1.82) is 0 Å². The summed E-state index contributed by atoms with van der Waals surface area (Å²) in [6.07, 6.45) is 5.19. The van der Waals surface area contributed by atoms with Crippen molar-refractivity contribution in [3.8, 4) is 0 Å². The topological polar surface area (TPSA) is 45.5 Å². The molecule has 7 heteroatoms. The average Bonchev–Trinajstić information content (AvgIpc) is 3.35. The molecule has 3 aromatic rings. The Labute approximate surface area is 173 Å². The van der Waals surface area contributed by atoms with Gasteiger partial charge in [-0.05, 0) is 29.8 Å². The van der Waals surface area contributed by atoms with Crippen molar-refractivity contribution in [2.24, 2.45) is 0 Å². The van der Waals surface area contributed by atoms with Crippen LogP contribution >= 0.6 is 23.2 Å². The van der Waals surface area contributed by atoms with Crippen LogP contribution in [0.15, 0.2) is 67.3 Å². The minimum absolute atomic E-state index is 0.175. The minimum atomic E-state index is -0.903. The van der Waals surface area contributed by atoms with Crippen molar-refractivity contribution in [3.63, 3.8) is 0 Å². The molecule has 2 aromatic carbocycles. The summed E-state index contributed by atoms with van der Waals surface area (Å²) < 4.78 is 20.3. The standard InChI is InChI=1S/C21H20Cl2N2O3/c22-18-5-1-16(2-6-18)11-26-12-20-13-27-21(28-20,14-25-10-9-24-15-25)17-3-7-19(23)8-4-17/h1-10,15,20H,11-14H2. The van der Waals surface area contributed by atoms with Gasteiger partial charge in [-0.3, -0.25) is 0 Å². The van der Waals surface area contributed by atoms with E-state index in [0.29, 0.717) is 36.4 Å². The van der Waals surface area contributed by atoms with Crippen molar-refractivity contribution in [2.75, 3.05) is 13.2 Å². The van der Waals surface area contributed by atoms with Gasteiger partial charge in [-0.2, -0.15) is 0 Å². The molecule has 2 unspecified atom stereocenters. The fourth-order valence-corrected chi connectivity index (χ4v) is 3.44. The lowest BCUT2D eigenvalue weighted by Crippen LogP contribution is -2.34. The fraction of sp³-hybridized carbons (Fsp3) is 0.286. The van der Waals surface area contributed by atoms with Crippen molar-refractivity contribution in [3.05, 3.63) is 88.4 Å². The van der Waals surface area contributed by atoms with Gasteiger partial charge in [0, 0.05) is 28.0 Å². The van der Waals surface area contributed by atoms with Crippen molar-refractivity contribution < 1.29 is 14.2 Å². The third-order valence-electron chi connectivity index (χ3n) is 4.58. The maximum absolute atomic E-state index is 6.35. The summed E-state index contributed by atoms with van der Waals surface area (Å²) in [5.74, 6) is -0.903. The van der Waals surface area contributed by atoms with Crippen LogP contribution in [-0.2, 0) is 33.1 Å². The lowest BCUT2D eigenvalue weighted by molar-refractivity contribution is -0.191. The molecule has 0 N–H and O–H groups in total. The van der Waals surface area contributed by atoms with Crippen LogP contribution in [-0.4, -0.2) is 28.9 Å². The summed E-state index contributed by atoms with van der Waals surface area (Å²) >= 11 is 12.0. The molecule has 1 aliphatic rings. The van der Waals surface area contributed by atoms with E-state index in [-0.39, 0.29) is 6.10 Å². The quantitative estimate of drug-likeness (QED) is 0.558. The van der Waals surface area contributed by atoms with E-state index in [9.17, 15) is 0 Å². The van der Waals surface area contributed by atoms with Crippen LogP contribution in [0, 0.1) is 0 Å². The highest BCUT2D eigenvalue weighted by Crippen LogP contribution is 2.36. The summed E-state index contributed by atoms with van der Waals surface area (Å²) in [5.41, 5.74) is 1.97. The van der Waals surface area contributed by atoms with E-state index >= 15 is 0 Å². The Balaban J connectivity index is 1.43. The van der Waals surface area contributed by atoms with Crippen LogP contribution in [0.2, 0.25) is 10.0 Å². The van der Waals surface area contributed by atoms with Gasteiger partial charge in [0.2, 0.25) is 5.79 Å². The van der Waals surface area contributed by atoms with Gasteiger partial charge in [0.25, 0.3) is 0 Å². The highest BCUT2D eigenvalue weighted by Gasteiger charge is 2.43. The number of benzene rings is 2. The monoisotopic (exact) mass is 418 g/mol. The molecule has 5 nitrogen and oxygen atoms in total. The molecular formula is C21H20Cl2N2O3. The van der Waals surface area contributed by atoms with Crippen molar-refractivity contribution in [1.82, 2.24) is 9.55 Å². The normalized spacial score (nSPS) is 21.9. The van der Waals surface area contributed by atoms with E-state index < -0.39 is 5.79 Å². The minimum Gasteiger partial charge on any atom is -0.374 e. The van der Waals surface area contributed by atoms with E-state index in [0.717, 1.165) is 11.1 Å². The number of hydrogen-bond donors (Lipinski definition) is 0. The average molecular weight is 419 g/mol. The first-order chi connectivity index (χ1) is 13.6. The Morgan fingerprint density at radius 1 is 1.07 bits per heavy atom. The molecule has 0 bridgehead atoms. The third-order valence-corrected chi connectivity index (χ3v) is 5.08. The summed E-state index contributed by atoms with van der Waals surface area (Å²) in [6, 6.07) is 15.1. The Morgan fingerprint density at radius 3 is 2.46 bits per heavy atom. The first-order valence-electron chi connectivity index (χ1n) is 8.99. The van der Waals surface area contributed by atoms with Crippen LogP contribution in [0.25, 0.3) is 0 Å². The lowest BCUT2D eigenvalue weighted by atomic mass is 10.1. The Hall–Kier alpha value is -1.89. The molecule has 1 aliphatic heterocycles. The molecule has 0 radical (unpaired) electrons. The molecule has 0 saturated carbocycles. The highest BCUT2D eigenvalue weighted by atomic mass is 35.5. The molecule has 1 aromatic heterocycles. The molecule has 1 saturated heterocycles. The van der Waals surface area contributed by atoms with Gasteiger partial charge in [-0.15, -0.1) is 0 Å². The number of rotatable bonds is 7. The first kappa shape index (κ1) is 19.4. The SMILES string of the molecule is Clc1ccc(COCC2COC(Cn3ccnc3)(c3ccc(Cl)cc3)O2)cc1. The molecule has 0 aliphatic carbocycles. The van der Waals surface area contributed by atoms with E-state index in [1.54, 1.807) is 12.5 Å². The first-order valence-corrected chi connectivity index (χ1v) is 9.74. The summed E-state index contributed by atoms with van der Waals surface area (Å²) in [5, 5.41) is 1.38. The van der Waals surface area contributed by atoms with Crippen LogP contribution in [0.4, 0.5) is 0 Å². The van der Waals surface area contributed by atoms with Gasteiger partial charge in [-0.1, -0.05) is 47.5 Å². The molecule has 1 fully saturated rings. The van der Waals surface area contributed by atoms with Crippen molar-refractivity contribution in [2.45, 2.75) is 25.0 Å². The molecule has 0 amide bonds. The third kappa shape index (κ3) is 4.57. The van der Waals surface area contributed by atoms with E-state index in [4.69, 9.17) is 37.4 Å². The van der Waals surface area contributed by atoms with E-state index in [1.165, 1.54) is 0 Å². The largest absolute Gasteiger partial charge is 0.374 e. The second-order valence-electron chi connectivity index (χ2n) is 6.69. The Bertz CT molecular complexity index is 885. The zero-order valence-electron chi connectivity index (χ0n) is 15.1. The highest BCUT2D eigenvalue weighted by molar-refractivity contribution is 6.30. The lowest BCUT2D eigenvalue weighted by Gasteiger charge is -2.29. The zero-order valence-corrected chi connectivity index (χ0v) is 16.6. The summed E-state index contributed by atoms with van der Waals surface area (Å²) in [7, 11) is 0. The van der Waals surface area contributed by atoms with Gasteiger partial charge in [-0.25, -0.2) is 4.98 Å². The maximum Gasteiger partial charge on any atom is 0.214 e. The molecule has 0 spiro atoms. The number of halogens is 2. The number of ether oxygens (including phenoxy) is 3. The van der Waals surface area contributed by atoms with Crippen LogP contribution in [0.5, 0.6) is 0 Å². The Morgan fingerprint density at radius 2 is 1.79 bits per heavy atom. The van der Waals surface area contributed by atoms with E-state index in [1.807, 2.05) is 59.3 Å². The van der Waals surface area contributed by atoms with Crippen molar-refractivity contribution >= 4 is 23.2 Å². The summed E-state index contributed by atoms with van der Waals surface area (Å²) in [4.78, 5) is 4.11. The molecule has 28 heavy (non-hydrogen) atoms.